The molecular formula is C49H56N8O16P3S2+. The van der Waals surface area contributed by atoms with Crippen LogP contribution in [0.5, 0.6) is 11.5 Å². The number of aromatic carboxylic acids is 1. The topological polar surface area (TPSA) is 330 Å². The van der Waals surface area contributed by atoms with E-state index in [-0.39, 0.29) is 53.6 Å². The Morgan fingerprint density at radius 2 is 1.67 bits per heavy atom. The lowest BCUT2D eigenvalue weighted by molar-refractivity contribution is 0.0631. The summed E-state index contributed by atoms with van der Waals surface area (Å²) in [5.74, 6) is 0.531. The van der Waals surface area contributed by atoms with E-state index in [4.69, 9.17) is 34.3 Å². The van der Waals surface area contributed by atoms with Gasteiger partial charge in [0.1, 0.15) is 55.1 Å². The minimum absolute atomic E-state index is 0.0157. The van der Waals surface area contributed by atoms with Crippen molar-refractivity contribution >= 4 is 85.2 Å². The lowest BCUT2D eigenvalue weighted by Gasteiger charge is -2.39. The van der Waals surface area contributed by atoms with Gasteiger partial charge in [0.2, 0.25) is 5.36 Å². The molecule has 29 heteroatoms. The molecule has 0 spiro atoms. The van der Waals surface area contributed by atoms with Gasteiger partial charge in [-0.1, -0.05) is 27.7 Å². The minimum atomic E-state index is -5.79. The van der Waals surface area contributed by atoms with Crippen LogP contribution in [0.3, 0.4) is 0 Å². The van der Waals surface area contributed by atoms with Gasteiger partial charge in [0.25, 0.3) is 5.91 Å². The molecule has 24 nitrogen and oxygen atoms in total. The first-order valence-corrected chi connectivity index (χ1v) is 32.1. The Balaban J connectivity index is 0.784. The number of benzene rings is 3. The number of hydrogen-bond acceptors (Lipinski definition) is 18. The van der Waals surface area contributed by atoms with Crippen molar-refractivity contribution in [2.45, 2.75) is 82.6 Å². The van der Waals surface area contributed by atoms with Crippen LogP contribution in [0.4, 0.5) is 11.5 Å². The molecule has 8 heterocycles. The number of nitrogens with zero attached hydrogens (tertiary/aromatic N) is 6. The van der Waals surface area contributed by atoms with E-state index in [9.17, 15) is 38.2 Å². The number of nitrogen functional groups attached to an aromatic ring is 1. The van der Waals surface area contributed by atoms with Crippen molar-refractivity contribution in [3.8, 4) is 11.5 Å². The number of ether oxygens (including phenoxy) is 3. The fourth-order valence-electron chi connectivity index (χ4n) is 11.2. The molecule has 2 unspecified atom stereocenters. The number of nitrogens with two attached hydrogens (primary N) is 1. The number of aromatic nitrogens is 4. The molecule has 78 heavy (non-hydrogen) atoms. The number of phosphoric acid groups is 3. The van der Waals surface area contributed by atoms with E-state index in [2.05, 4.69) is 50.5 Å². The second-order valence-corrected chi connectivity index (χ2v) is 27.7. The van der Waals surface area contributed by atoms with Crippen LogP contribution in [-0.2, 0) is 62.0 Å². The number of imidazole rings is 1. The predicted molar refractivity (Wildman–Crippen MR) is 287 cm³/mol. The van der Waals surface area contributed by atoms with Crippen molar-refractivity contribution in [1.29, 1.82) is 0 Å². The molecule has 3 atom stereocenters. The fourth-order valence-corrected chi connectivity index (χ4v) is 16.4. The summed E-state index contributed by atoms with van der Waals surface area (Å²) in [6, 6.07) is 9.40. The number of carboxylic acids is 1. The van der Waals surface area contributed by atoms with Crippen molar-refractivity contribution < 1.29 is 75.3 Å². The highest BCUT2D eigenvalue weighted by molar-refractivity contribution is 8.77. The van der Waals surface area contributed by atoms with Crippen LogP contribution in [0.15, 0.2) is 54.5 Å². The number of carbonyl (C=O) groups is 2. The average Bonchev–Trinajstić information content (AvgIpc) is 4.03. The standard InChI is InChI=1S/C49H55N8O16P3S2/c1-49(2,78-77-18-17-68-36-22-38(57-26-54-40-45(50)52-25-53-46(40)57)70-37(36)23-69-75(64,65)73-76(66,67)72-74(61,62)63)24-51-47(58)29-11-12-30(33(21-29)48(59)60)39-34-19-27-7-3-13-55-15-5-9-31(41(27)55)43(34)71-44-32-10-6-16-56-14-4-8-28(42(32)56)20-35(39)44/h11-12,19-21,25-26,38H,3-10,13-18,22-24H2,1-2H3,(H7-,50,51,52,53,58,59,60,61,62,63,64,65,66,67)/p+1/t38-/m1/s1. The number of rotatable bonds is 19. The summed E-state index contributed by atoms with van der Waals surface area (Å²) in [6.45, 7) is 7.28. The summed E-state index contributed by atoms with van der Waals surface area (Å²) in [4.78, 5) is 79.9. The first-order valence-electron chi connectivity index (χ1n) is 25.2. The molecule has 2 aromatic heterocycles. The van der Waals surface area contributed by atoms with Crippen LogP contribution in [0, 0.1) is 0 Å². The normalized spacial score (nSPS) is 19.2. The number of carboxylic acid groups (broad SMARTS) is 1. The fraction of sp³-hybridized carbons (Fsp3) is 0.429. The number of hydrogen-bond donors (Lipinski definition) is 7. The van der Waals surface area contributed by atoms with Gasteiger partial charge < -0.3 is 54.8 Å². The summed E-state index contributed by atoms with van der Waals surface area (Å²) in [6.07, 6.45) is 9.41. The molecule has 1 amide bonds. The molecule has 0 fully saturated rings. The van der Waals surface area contributed by atoms with Gasteiger partial charge >= 0.3 is 29.4 Å². The third kappa shape index (κ3) is 11.1. The molecule has 0 saturated heterocycles. The Kier molecular flexibility index (Phi) is 14.9. The van der Waals surface area contributed by atoms with Crippen LogP contribution in [0.1, 0.15) is 106 Å². The van der Waals surface area contributed by atoms with Gasteiger partial charge in [0, 0.05) is 81.7 Å². The quantitative estimate of drug-likeness (QED) is 0.0224. The summed E-state index contributed by atoms with van der Waals surface area (Å²) >= 11 is 0. The van der Waals surface area contributed by atoms with Crippen LogP contribution in [0.2, 0.25) is 0 Å². The summed E-state index contributed by atoms with van der Waals surface area (Å²) < 4.78 is 70.9. The van der Waals surface area contributed by atoms with E-state index in [1.54, 1.807) is 12.1 Å². The predicted octanol–water partition coefficient (Wildman–Crippen LogP) is 5.62. The van der Waals surface area contributed by atoms with E-state index in [0.717, 1.165) is 105 Å². The molecule has 6 aliphatic rings. The number of amides is 1. The number of aryl methyl sites for hydroxylation is 2. The van der Waals surface area contributed by atoms with Crippen molar-refractivity contribution in [2.24, 2.45) is 0 Å². The lowest BCUT2D eigenvalue weighted by atomic mass is 9.81. The van der Waals surface area contributed by atoms with E-state index in [1.807, 2.05) is 13.8 Å². The SMILES string of the molecule is CC(C)(CNC(=O)c1ccc(C2=c3cc4c5c(c3Oc3c2cc2c6c3CCCN6CCC2)CCC[N+]=5CCC4)c(C(=O)O)c1)SSCCOC1=C(COP(=O)(O)OP(=O)(O)OP(=O)(O)O)O[C@@H](n2cnc3c(N)ncnc32)C1. The van der Waals surface area contributed by atoms with Gasteiger partial charge in [-0.05, 0) is 87.8 Å². The van der Waals surface area contributed by atoms with Crippen LogP contribution >= 0.6 is 45.1 Å². The summed E-state index contributed by atoms with van der Waals surface area (Å²) in [7, 11) is -14.0. The molecule has 414 valence electrons. The molecule has 6 aliphatic heterocycles. The largest absolute Gasteiger partial charge is 0.493 e. The third-order valence-electron chi connectivity index (χ3n) is 14.3. The van der Waals surface area contributed by atoms with Crippen LogP contribution < -0.4 is 35.8 Å². The Morgan fingerprint density at radius 3 is 2.45 bits per heavy atom. The molecule has 0 saturated carbocycles. The first-order chi connectivity index (χ1) is 37.1. The van der Waals surface area contributed by atoms with E-state index >= 15 is 0 Å². The zero-order chi connectivity index (χ0) is 54.9. The molecule has 11 rings (SSSR count). The summed E-state index contributed by atoms with van der Waals surface area (Å²) in [5.41, 5.74) is 15.2. The summed E-state index contributed by atoms with van der Waals surface area (Å²) in [5, 5.41) is 16.1. The molecular weight excluding hydrogens is 1110 g/mol. The van der Waals surface area contributed by atoms with Crippen molar-refractivity contribution in [2.75, 3.05) is 62.3 Å². The van der Waals surface area contributed by atoms with Gasteiger partial charge in [0.15, 0.2) is 23.5 Å². The number of anilines is 2. The van der Waals surface area contributed by atoms with Crippen LogP contribution in [0.25, 0.3) is 16.7 Å². The van der Waals surface area contributed by atoms with Gasteiger partial charge in [-0.15, -0.1) is 0 Å². The maximum absolute atomic E-state index is 14.0. The number of fused-ring (bicyclic) bond motifs is 5. The maximum atomic E-state index is 14.0. The Morgan fingerprint density at radius 1 is 0.910 bits per heavy atom. The zero-order valence-corrected chi connectivity index (χ0v) is 46.6. The number of phosphoric ester groups is 1. The van der Waals surface area contributed by atoms with Crippen molar-refractivity contribution in [1.82, 2.24) is 29.4 Å². The smallest absolute Gasteiger partial charge is 0.490 e. The Hall–Kier alpha value is -5.33. The molecule has 3 aromatic carbocycles. The molecule has 5 aromatic rings. The van der Waals surface area contributed by atoms with Crippen molar-refractivity contribution in [3.05, 3.63) is 110 Å². The van der Waals surface area contributed by atoms with Gasteiger partial charge in [-0.3, -0.25) is 13.9 Å². The van der Waals surface area contributed by atoms with E-state index in [1.165, 1.54) is 78.2 Å². The molecule has 0 aliphatic carbocycles. The molecule has 0 bridgehead atoms. The van der Waals surface area contributed by atoms with Crippen molar-refractivity contribution in [3.63, 3.8) is 0 Å². The van der Waals surface area contributed by atoms with Gasteiger partial charge in [-0.2, -0.15) is 8.62 Å². The van der Waals surface area contributed by atoms with Gasteiger partial charge in [0.05, 0.1) is 24.2 Å². The number of nitrogens with one attached hydrogen (secondary N) is 1. The highest BCUT2D eigenvalue weighted by atomic mass is 33.1. The van der Waals surface area contributed by atoms with E-state index in [0.29, 0.717) is 17.0 Å². The lowest BCUT2D eigenvalue weighted by Crippen LogP contribution is -2.45. The highest BCUT2D eigenvalue weighted by Gasteiger charge is 2.42. The van der Waals surface area contributed by atoms with Crippen LogP contribution in [-0.4, -0.2) is 113 Å². The molecule has 8 N–H and O–H groups in total. The first kappa shape index (κ1) is 54.6. The second kappa shape index (κ2) is 21.3. The zero-order valence-electron chi connectivity index (χ0n) is 42.3. The second-order valence-electron chi connectivity index (χ2n) is 20.2. The Labute approximate surface area is 453 Å². The Bertz CT molecular complexity index is 3640. The van der Waals surface area contributed by atoms with E-state index < -0.39 is 52.9 Å². The average molecular weight is 1170 g/mol. The number of carbonyl (C=O) groups excluding carboxylic acids is 1. The highest BCUT2D eigenvalue weighted by Crippen LogP contribution is 2.66. The minimum Gasteiger partial charge on any atom is -0.493 e. The third-order valence-corrected chi connectivity index (χ3v) is 21.3. The molecule has 0 radical (unpaired) electrons. The maximum Gasteiger partial charge on any atom is 0.490 e. The monoisotopic (exact) mass is 1170 g/mol. The van der Waals surface area contributed by atoms with Gasteiger partial charge in [-0.25, -0.2) is 38.0 Å².